The van der Waals surface area contributed by atoms with Gasteiger partial charge in [0, 0.05) is 24.7 Å². The molecule has 0 bridgehead atoms. The first-order valence-corrected chi connectivity index (χ1v) is 9.76. The van der Waals surface area contributed by atoms with Crippen LogP contribution in [-0.2, 0) is 16.1 Å². The summed E-state index contributed by atoms with van der Waals surface area (Å²) in [7, 11) is 0. The standard InChI is InChI=1S/C21H24FN5O3/c1-2-3-11-30-21-14(5-4-10-24-21)13-25-20(29)17-12-18(19(23)28)27(26-17)16-8-6-15(22)7-9-16/h4-10,18H,2-3,11-13H2,1H3,(H2,23,28)(H,25,29). The monoisotopic (exact) mass is 413 g/mol. The van der Waals surface area contributed by atoms with Crippen LogP contribution in [-0.4, -0.2) is 35.2 Å². The van der Waals surface area contributed by atoms with Crippen LogP contribution < -0.4 is 20.8 Å². The van der Waals surface area contributed by atoms with E-state index in [0.29, 0.717) is 18.2 Å². The Labute approximate surface area is 173 Å². The van der Waals surface area contributed by atoms with Crippen molar-refractivity contribution < 1.29 is 18.7 Å². The van der Waals surface area contributed by atoms with Gasteiger partial charge in [-0.05, 0) is 36.8 Å². The van der Waals surface area contributed by atoms with Crippen LogP contribution in [0.15, 0.2) is 47.7 Å². The van der Waals surface area contributed by atoms with Crippen molar-refractivity contribution in [1.29, 1.82) is 0 Å². The number of nitrogens with one attached hydrogen (secondary N) is 1. The van der Waals surface area contributed by atoms with Crippen LogP contribution in [0.25, 0.3) is 0 Å². The number of aromatic nitrogens is 1. The average Bonchev–Trinajstić information content (AvgIpc) is 3.19. The Bertz CT molecular complexity index is 932. The van der Waals surface area contributed by atoms with E-state index in [1.54, 1.807) is 12.3 Å². The van der Waals surface area contributed by atoms with Crippen LogP contribution in [0.4, 0.5) is 10.1 Å². The highest BCUT2D eigenvalue weighted by Crippen LogP contribution is 2.25. The van der Waals surface area contributed by atoms with Gasteiger partial charge in [0.1, 0.15) is 17.6 Å². The zero-order valence-corrected chi connectivity index (χ0v) is 16.7. The first-order valence-electron chi connectivity index (χ1n) is 9.76. The molecule has 0 saturated heterocycles. The van der Waals surface area contributed by atoms with Crippen LogP contribution in [0.3, 0.4) is 0 Å². The molecule has 0 radical (unpaired) electrons. The molecule has 3 rings (SSSR count). The lowest BCUT2D eigenvalue weighted by molar-refractivity contribution is -0.119. The highest BCUT2D eigenvalue weighted by Gasteiger charge is 2.35. The number of nitrogens with zero attached hydrogens (tertiary/aromatic N) is 3. The molecule has 1 atom stereocenters. The number of carbonyl (C=O) groups is 2. The second-order valence-corrected chi connectivity index (χ2v) is 6.84. The molecule has 8 nitrogen and oxygen atoms in total. The molecular weight excluding hydrogens is 389 g/mol. The Kier molecular flexibility index (Phi) is 6.95. The van der Waals surface area contributed by atoms with Crippen molar-refractivity contribution in [2.75, 3.05) is 11.6 Å². The summed E-state index contributed by atoms with van der Waals surface area (Å²) in [4.78, 5) is 28.7. The van der Waals surface area contributed by atoms with Gasteiger partial charge in [-0.2, -0.15) is 5.10 Å². The SMILES string of the molecule is CCCCOc1ncccc1CNC(=O)C1=NN(c2ccc(F)cc2)C(C(N)=O)C1. The van der Waals surface area contributed by atoms with Gasteiger partial charge in [0.2, 0.25) is 11.8 Å². The van der Waals surface area contributed by atoms with Crippen molar-refractivity contribution in [2.24, 2.45) is 10.8 Å². The predicted molar refractivity (Wildman–Crippen MR) is 110 cm³/mol. The number of unbranched alkanes of at least 4 members (excludes halogenated alkanes) is 1. The highest BCUT2D eigenvalue weighted by atomic mass is 19.1. The zero-order chi connectivity index (χ0) is 21.5. The van der Waals surface area contributed by atoms with E-state index in [1.807, 2.05) is 6.07 Å². The molecule has 3 N–H and O–H groups in total. The Morgan fingerprint density at radius 3 is 2.77 bits per heavy atom. The van der Waals surface area contributed by atoms with Crippen LogP contribution >= 0.6 is 0 Å². The number of nitrogens with two attached hydrogens (primary N) is 1. The Hall–Kier alpha value is -3.49. The largest absolute Gasteiger partial charge is 0.477 e. The maximum atomic E-state index is 13.2. The number of rotatable bonds is 9. The summed E-state index contributed by atoms with van der Waals surface area (Å²) < 4.78 is 18.9. The number of pyridine rings is 1. The molecule has 0 aliphatic carbocycles. The lowest BCUT2D eigenvalue weighted by Gasteiger charge is -2.20. The van der Waals surface area contributed by atoms with Gasteiger partial charge in [-0.3, -0.25) is 14.6 Å². The molecule has 1 aromatic heterocycles. The summed E-state index contributed by atoms with van der Waals surface area (Å²) >= 11 is 0. The fourth-order valence-electron chi connectivity index (χ4n) is 2.98. The van der Waals surface area contributed by atoms with E-state index < -0.39 is 23.7 Å². The molecule has 1 aliphatic rings. The molecule has 158 valence electrons. The van der Waals surface area contributed by atoms with Gasteiger partial charge in [0.15, 0.2) is 0 Å². The van der Waals surface area contributed by atoms with Gasteiger partial charge in [-0.1, -0.05) is 19.4 Å². The summed E-state index contributed by atoms with van der Waals surface area (Å²) in [5.41, 5.74) is 6.86. The normalized spacial score (nSPS) is 15.6. The summed E-state index contributed by atoms with van der Waals surface area (Å²) in [5.74, 6) is -0.981. The lowest BCUT2D eigenvalue weighted by Crippen LogP contribution is -2.39. The predicted octanol–water partition coefficient (Wildman–Crippen LogP) is 2.14. The Morgan fingerprint density at radius 2 is 2.07 bits per heavy atom. The molecular formula is C21H24FN5O3. The minimum absolute atomic E-state index is 0.0610. The number of hydrazone groups is 1. The average molecular weight is 413 g/mol. The number of amides is 2. The lowest BCUT2D eigenvalue weighted by atomic mass is 10.1. The van der Waals surface area contributed by atoms with E-state index in [4.69, 9.17) is 10.5 Å². The van der Waals surface area contributed by atoms with Crippen molar-refractivity contribution in [3.05, 3.63) is 54.0 Å². The summed E-state index contributed by atoms with van der Waals surface area (Å²) in [5, 5.41) is 8.38. The van der Waals surface area contributed by atoms with Crippen LogP contribution in [0, 0.1) is 5.82 Å². The molecule has 2 heterocycles. The van der Waals surface area contributed by atoms with Crippen LogP contribution in [0.1, 0.15) is 31.7 Å². The summed E-state index contributed by atoms with van der Waals surface area (Å²) in [6, 6.07) is 8.23. The van der Waals surface area contributed by atoms with Gasteiger partial charge >= 0.3 is 0 Å². The fraction of sp³-hybridized carbons (Fsp3) is 0.333. The Balaban J connectivity index is 1.69. The summed E-state index contributed by atoms with van der Waals surface area (Å²) in [6.45, 7) is 2.82. The van der Waals surface area contributed by atoms with Crippen LogP contribution in [0.2, 0.25) is 0 Å². The number of primary amides is 1. The van der Waals surface area contributed by atoms with E-state index >= 15 is 0 Å². The fourth-order valence-corrected chi connectivity index (χ4v) is 2.98. The first kappa shape index (κ1) is 21.2. The van der Waals surface area contributed by atoms with Gasteiger partial charge in [-0.15, -0.1) is 0 Å². The first-order chi connectivity index (χ1) is 14.5. The maximum absolute atomic E-state index is 13.2. The molecule has 1 unspecified atom stereocenters. The number of anilines is 1. The minimum Gasteiger partial charge on any atom is -0.477 e. The van der Waals surface area contributed by atoms with Crippen molar-refractivity contribution in [3.8, 4) is 5.88 Å². The maximum Gasteiger partial charge on any atom is 0.267 e. The molecule has 30 heavy (non-hydrogen) atoms. The van der Waals surface area contributed by atoms with Crippen molar-refractivity contribution in [1.82, 2.24) is 10.3 Å². The molecule has 2 aromatic rings. The van der Waals surface area contributed by atoms with Gasteiger partial charge in [0.25, 0.3) is 5.91 Å². The second-order valence-electron chi connectivity index (χ2n) is 6.84. The van der Waals surface area contributed by atoms with Crippen molar-refractivity contribution in [3.63, 3.8) is 0 Å². The Morgan fingerprint density at radius 1 is 1.30 bits per heavy atom. The number of hydrogen-bond acceptors (Lipinski definition) is 6. The highest BCUT2D eigenvalue weighted by molar-refractivity contribution is 6.40. The van der Waals surface area contributed by atoms with Crippen molar-refractivity contribution in [2.45, 2.75) is 38.8 Å². The van der Waals surface area contributed by atoms with E-state index in [0.717, 1.165) is 18.4 Å². The third-order valence-corrected chi connectivity index (χ3v) is 4.62. The topological polar surface area (TPSA) is 110 Å². The summed E-state index contributed by atoms with van der Waals surface area (Å²) in [6.07, 6.45) is 3.61. The zero-order valence-electron chi connectivity index (χ0n) is 16.7. The molecule has 1 aromatic carbocycles. The quantitative estimate of drug-likeness (QED) is 0.612. The molecule has 0 saturated carbocycles. The smallest absolute Gasteiger partial charge is 0.267 e. The number of hydrogen-bond donors (Lipinski definition) is 2. The number of benzene rings is 1. The van der Waals surface area contributed by atoms with E-state index in [9.17, 15) is 14.0 Å². The molecule has 2 amide bonds. The second kappa shape index (κ2) is 9.82. The van der Waals surface area contributed by atoms with E-state index in [2.05, 4.69) is 22.3 Å². The molecule has 0 spiro atoms. The van der Waals surface area contributed by atoms with Crippen LogP contribution in [0.5, 0.6) is 5.88 Å². The van der Waals surface area contributed by atoms with Gasteiger partial charge < -0.3 is 15.8 Å². The third kappa shape index (κ3) is 5.11. The third-order valence-electron chi connectivity index (χ3n) is 4.62. The van der Waals surface area contributed by atoms with Gasteiger partial charge in [-0.25, -0.2) is 9.37 Å². The number of halogens is 1. The van der Waals surface area contributed by atoms with E-state index in [-0.39, 0.29) is 18.7 Å². The molecule has 0 fully saturated rings. The van der Waals surface area contributed by atoms with E-state index in [1.165, 1.54) is 29.3 Å². The minimum atomic E-state index is -0.817. The number of ether oxygens (including phenoxy) is 1. The molecule has 1 aliphatic heterocycles. The number of carbonyl (C=O) groups excluding carboxylic acids is 2. The van der Waals surface area contributed by atoms with Crippen molar-refractivity contribution >= 4 is 23.2 Å². The molecule has 9 heteroatoms. The van der Waals surface area contributed by atoms with Gasteiger partial charge in [0.05, 0.1) is 12.3 Å².